The average Bonchev–Trinajstić information content (AvgIpc) is 2.53. The van der Waals surface area contributed by atoms with Gasteiger partial charge < -0.3 is 14.8 Å². The van der Waals surface area contributed by atoms with Crippen molar-refractivity contribution in [2.24, 2.45) is 0 Å². The zero-order valence-electron chi connectivity index (χ0n) is 12.5. The van der Waals surface area contributed by atoms with Crippen LogP contribution in [-0.4, -0.2) is 21.3 Å². The standard InChI is InChI=1S/C17H20FNO2/c1-19-17(10-12-5-4-6-13(9-12)20-2)15-8-7-14(21-3)11-16(15)18/h4-9,11,17,19H,10H2,1-3H3. The van der Waals surface area contributed by atoms with Gasteiger partial charge in [-0.3, -0.25) is 0 Å². The molecule has 0 saturated carbocycles. The van der Waals surface area contributed by atoms with Crippen LogP contribution in [0.2, 0.25) is 0 Å². The van der Waals surface area contributed by atoms with E-state index < -0.39 is 0 Å². The van der Waals surface area contributed by atoms with E-state index in [1.54, 1.807) is 19.2 Å². The third-order valence-electron chi connectivity index (χ3n) is 3.51. The first-order valence-electron chi connectivity index (χ1n) is 6.81. The number of ether oxygens (including phenoxy) is 2. The molecule has 0 aliphatic heterocycles. The van der Waals surface area contributed by atoms with Gasteiger partial charge in [0.1, 0.15) is 17.3 Å². The van der Waals surface area contributed by atoms with Crippen LogP contribution in [-0.2, 0) is 6.42 Å². The van der Waals surface area contributed by atoms with Gasteiger partial charge in [-0.25, -0.2) is 4.39 Å². The van der Waals surface area contributed by atoms with Gasteiger partial charge >= 0.3 is 0 Å². The van der Waals surface area contributed by atoms with Gasteiger partial charge in [0.05, 0.1) is 14.2 Å². The Hall–Kier alpha value is -2.07. The van der Waals surface area contributed by atoms with E-state index in [0.717, 1.165) is 11.3 Å². The molecule has 0 heterocycles. The fourth-order valence-electron chi connectivity index (χ4n) is 2.32. The summed E-state index contributed by atoms with van der Waals surface area (Å²) in [7, 11) is 4.99. The van der Waals surface area contributed by atoms with Crippen molar-refractivity contribution in [3.05, 3.63) is 59.4 Å². The number of rotatable bonds is 6. The Balaban J connectivity index is 2.23. The van der Waals surface area contributed by atoms with Crippen LogP contribution in [0.15, 0.2) is 42.5 Å². The van der Waals surface area contributed by atoms with Gasteiger partial charge in [-0.1, -0.05) is 18.2 Å². The number of hydrogen-bond donors (Lipinski definition) is 1. The summed E-state index contributed by atoms with van der Waals surface area (Å²) in [4.78, 5) is 0. The zero-order valence-corrected chi connectivity index (χ0v) is 12.5. The van der Waals surface area contributed by atoms with Crippen molar-refractivity contribution in [3.63, 3.8) is 0 Å². The molecule has 0 fully saturated rings. The monoisotopic (exact) mass is 289 g/mol. The number of halogens is 1. The van der Waals surface area contributed by atoms with Crippen molar-refractivity contribution in [1.29, 1.82) is 0 Å². The normalized spacial score (nSPS) is 12.0. The van der Waals surface area contributed by atoms with E-state index in [2.05, 4.69) is 5.32 Å². The van der Waals surface area contributed by atoms with E-state index in [1.165, 1.54) is 13.2 Å². The summed E-state index contributed by atoms with van der Waals surface area (Å²) in [5, 5.41) is 3.16. The molecular formula is C17H20FNO2. The molecule has 21 heavy (non-hydrogen) atoms. The number of hydrogen-bond acceptors (Lipinski definition) is 3. The maximum atomic E-state index is 14.2. The topological polar surface area (TPSA) is 30.5 Å². The second-order valence-electron chi connectivity index (χ2n) is 4.78. The molecule has 2 aromatic rings. The maximum Gasteiger partial charge on any atom is 0.131 e. The van der Waals surface area contributed by atoms with Crippen LogP contribution < -0.4 is 14.8 Å². The number of methoxy groups -OCH3 is 2. The Morgan fingerprint density at radius 2 is 1.76 bits per heavy atom. The van der Waals surface area contributed by atoms with E-state index in [1.807, 2.05) is 31.3 Å². The van der Waals surface area contributed by atoms with Crippen LogP contribution in [0.5, 0.6) is 11.5 Å². The van der Waals surface area contributed by atoms with Gasteiger partial charge in [-0.05, 0) is 37.2 Å². The summed E-state index contributed by atoms with van der Waals surface area (Å²) in [6, 6.07) is 12.6. The molecule has 2 rings (SSSR count). The van der Waals surface area contributed by atoms with Crippen molar-refractivity contribution in [1.82, 2.24) is 5.32 Å². The first kappa shape index (κ1) is 15.3. The van der Waals surface area contributed by atoms with Crippen LogP contribution in [0.4, 0.5) is 4.39 Å². The largest absolute Gasteiger partial charge is 0.497 e. The molecule has 0 saturated heterocycles. The summed E-state index contributed by atoms with van der Waals surface area (Å²) in [5.41, 5.74) is 1.71. The Morgan fingerprint density at radius 1 is 1.05 bits per heavy atom. The Morgan fingerprint density at radius 3 is 2.38 bits per heavy atom. The number of benzene rings is 2. The molecule has 4 heteroatoms. The van der Waals surface area contributed by atoms with Crippen molar-refractivity contribution >= 4 is 0 Å². The molecule has 0 spiro atoms. The quantitative estimate of drug-likeness (QED) is 0.884. The Bertz CT molecular complexity index is 601. The van der Waals surface area contributed by atoms with Crippen LogP contribution in [0.25, 0.3) is 0 Å². The summed E-state index contributed by atoms with van der Waals surface area (Å²) in [6.07, 6.45) is 0.678. The van der Waals surface area contributed by atoms with E-state index in [4.69, 9.17) is 9.47 Å². The second-order valence-corrected chi connectivity index (χ2v) is 4.78. The molecule has 1 atom stereocenters. The number of likely N-dealkylation sites (N-methyl/N-ethyl adjacent to an activating group) is 1. The van der Waals surface area contributed by atoms with Crippen LogP contribution in [0.3, 0.4) is 0 Å². The molecule has 0 aliphatic rings. The fraction of sp³-hybridized carbons (Fsp3) is 0.294. The van der Waals surface area contributed by atoms with Crippen LogP contribution in [0.1, 0.15) is 17.2 Å². The van der Waals surface area contributed by atoms with Gasteiger partial charge in [-0.15, -0.1) is 0 Å². The minimum absolute atomic E-state index is 0.108. The van der Waals surface area contributed by atoms with E-state index in [0.29, 0.717) is 17.7 Å². The van der Waals surface area contributed by atoms with Gasteiger partial charge in [0, 0.05) is 17.7 Å². The summed E-state index contributed by atoms with van der Waals surface area (Å²) >= 11 is 0. The van der Waals surface area contributed by atoms with Crippen molar-refractivity contribution in [2.45, 2.75) is 12.5 Å². The second kappa shape index (κ2) is 7.09. The SMILES string of the molecule is CNC(Cc1cccc(OC)c1)c1ccc(OC)cc1F. The van der Waals surface area contributed by atoms with Crippen molar-refractivity contribution in [2.75, 3.05) is 21.3 Å². The van der Waals surface area contributed by atoms with Gasteiger partial charge in [0.2, 0.25) is 0 Å². The lowest BCUT2D eigenvalue weighted by molar-refractivity contribution is 0.409. The summed E-state index contributed by atoms with van der Waals surface area (Å²) in [6.45, 7) is 0. The highest BCUT2D eigenvalue weighted by Gasteiger charge is 2.15. The summed E-state index contributed by atoms with van der Waals surface area (Å²) < 4.78 is 24.4. The van der Waals surface area contributed by atoms with Gasteiger partial charge in [-0.2, -0.15) is 0 Å². The van der Waals surface area contributed by atoms with E-state index in [9.17, 15) is 4.39 Å². The summed E-state index contributed by atoms with van der Waals surface area (Å²) in [5.74, 6) is 1.06. The first-order valence-corrected chi connectivity index (χ1v) is 6.81. The molecule has 2 aromatic carbocycles. The third kappa shape index (κ3) is 3.73. The molecule has 0 radical (unpaired) electrons. The lowest BCUT2D eigenvalue weighted by atomic mass is 9.98. The predicted octanol–water partition coefficient (Wildman–Crippen LogP) is 3.35. The van der Waals surface area contributed by atoms with Crippen LogP contribution in [0, 0.1) is 5.82 Å². The van der Waals surface area contributed by atoms with E-state index in [-0.39, 0.29) is 11.9 Å². The lowest BCUT2D eigenvalue weighted by Crippen LogP contribution is -2.20. The van der Waals surface area contributed by atoms with E-state index >= 15 is 0 Å². The molecule has 1 unspecified atom stereocenters. The highest BCUT2D eigenvalue weighted by Crippen LogP contribution is 2.25. The van der Waals surface area contributed by atoms with Crippen molar-refractivity contribution in [3.8, 4) is 11.5 Å². The van der Waals surface area contributed by atoms with Gasteiger partial charge in [0.15, 0.2) is 0 Å². The van der Waals surface area contributed by atoms with Crippen LogP contribution >= 0.6 is 0 Å². The lowest BCUT2D eigenvalue weighted by Gasteiger charge is -2.18. The smallest absolute Gasteiger partial charge is 0.131 e. The average molecular weight is 289 g/mol. The Kier molecular flexibility index (Phi) is 5.17. The predicted molar refractivity (Wildman–Crippen MR) is 81.5 cm³/mol. The highest BCUT2D eigenvalue weighted by atomic mass is 19.1. The molecular weight excluding hydrogens is 269 g/mol. The molecule has 0 amide bonds. The molecule has 0 bridgehead atoms. The zero-order chi connectivity index (χ0) is 15.2. The third-order valence-corrected chi connectivity index (χ3v) is 3.51. The maximum absolute atomic E-state index is 14.2. The number of nitrogens with one attached hydrogen (secondary N) is 1. The Labute approximate surface area is 124 Å². The minimum Gasteiger partial charge on any atom is -0.497 e. The van der Waals surface area contributed by atoms with Crippen molar-refractivity contribution < 1.29 is 13.9 Å². The molecule has 112 valence electrons. The first-order chi connectivity index (χ1) is 10.2. The molecule has 3 nitrogen and oxygen atoms in total. The molecule has 0 aliphatic carbocycles. The minimum atomic E-state index is -0.267. The van der Waals surface area contributed by atoms with Gasteiger partial charge in [0.25, 0.3) is 0 Å². The fourth-order valence-corrected chi connectivity index (χ4v) is 2.32. The molecule has 0 aromatic heterocycles. The molecule has 1 N–H and O–H groups in total. The highest BCUT2D eigenvalue weighted by molar-refractivity contribution is 5.34.